The molecule has 7 heteroatoms. The van der Waals surface area contributed by atoms with Gasteiger partial charge in [0.2, 0.25) is 0 Å². The Kier molecular flexibility index (Phi) is 5.33. The number of rotatable bonds is 6. The summed E-state index contributed by atoms with van der Waals surface area (Å²) in [7, 11) is -3.01. The lowest BCUT2D eigenvalue weighted by Crippen LogP contribution is -2.35. The van der Waals surface area contributed by atoms with Crippen molar-refractivity contribution in [2.75, 3.05) is 23.4 Å². The SMILES string of the molecule is O=C(NC1CCS(=O)(=O)C1)c1cncc(NCCc2ccccc2)c1. The van der Waals surface area contributed by atoms with Crippen molar-refractivity contribution in [2.24, 2.45) is 0 Å². The fourth-order valence-electron chi connectivity index (χ4n) is 2.83. The molecule has 1 aliphatic rings. The van der Waals surface area contributed by atoms with Crippen LogP contribution in [0.5, 0.6) is 0 Å². The van der Waals surface area contributed by atoms with Crippen LogP contribution in [0.2, 0.25) is 0 Å². The lowest BCUT2D eigenvalue weighted by molar-refractivity contribution is 0.0941. The molecular formula is C18H21N3O3S. The summed E-state index contributed by atoms with van der Waals surface area (Å²) in [6, 6.07) is 11.6. The normalized spacial score (nSPS) is 18.6. The second kappa shape index (κ2) is 7.65. The number of carbonyl (C=O) groups is 1. The van der Waals surface area contributed by atoms with Crippen LogP contribution >= 0.6 is 0 Å². The van der Waals surface area contributed by atoms with Crippen LogP contribution < -0.4 is 10.6 Å². The maximum absolute atomic E-state index is 12.3. The van der Waals surface area contributed by atoms with Crippen molar-refractivity contribution < 1.29 is 13.2 Å². The van der Waals surface area contributed by atoms with E-state index in [0.29, 0.717) is 12.0 Å². The van der Waals surface area contributed by atoms with Crippen LogP contribution in [0.15, 0.2) is 48.8 Å². The molecule has 1 fully saturated rings. The number of nitrogens with one attached hydrogen (secondary N) is 2. The minimum atomic E-state index is -3.01. The monoisotopic (exact) mass is 359 g/mol. The van der Waals surface area contributed by atoms with E-state index in [4.69, 9.17) is 0 Å². The summed E-state index contributed by atoms with van der Waals surface area (Å²) < 4.78 is 22.9. The number of hydrogen-bond donors (Lipinski definition) is 2. The highest BCUT2D eigenvalue weighted by Gasteiger charge is 2.29. The van der Waals surface area contributed by atoms with Crippen LogP contribution in [-0.2, 0) is 16.3 Å². The quantitative estimate of drug-likeness (QED) is 0.819. The zero-order chi connectivity index (χ0) is 17.7. The maximum Gasteiger partial charge on any atom is 0.253 e. The van der Waals surface area contributed by atoms with Gasteiger partial charge in [0.15, 0.2) is 9.84 Å². The Bertz CT molecular complexity index is 838. The summed E-state index contributed by atoms with van der Waals surface area (Å²) in [5, 5.41) is 6.03. The summed E-state index contributed by atoms with van der Waals surface area (Å²) in [6.45, 7) is 0.734. The second-order valence-electron chi connectivity index (χ2n) is 6.20. The molecule has 1 aliphatic heterocycles. The van der Waals surface area contributed by atoms with Gasteiger partial charge in [-0.15, -0.1) is 0 Å². The molecule has 1 aromatic heterocycles. The average Bonchev–Trinajstić information content (AvgIpc) is 2.94. The first kappa shape index (κ1) is 17.4. The summed E-state index contributed by atoms with van der Waals surface area (Å²) >= 11 is 0. The molecule has 1 saturated heterocycles. The molecule has 1 amide bonds. The number of carbonyl (C=O) groups excluding carboxylic acids is 1. The van der Waals surface area contributed by atoms with E-state index < -0.39 is 9.84 Å². The van der Waals surface area contributed by atoms with Crippen molar-refractivity contribution in [2.45, 2.75) is 18.9 Å². The Morgan fingerprint density at radius 1 is 1.20 bits per heavy atom. The van der Waals surface area contributed by atoms with Gasteiger partial charge in [-0.3, -0.25) is 9.78 Å². The number of amides is 1. The van der Waals surface area contributed by atoms with Crippen LogP contribution in [0.1, 0.15) is 22.3 Å². The van der Waals surface area contributed by atoms with Crippen molar-refractivity contribution in [1.82, 2.24) is 10.3 Å². The van der Waals surface area contributed by atoms with Gasteiger partial charge in [0.1, 0.15) is 0 Å². The highest BCUT2D eigenvalue weighted by atomic mass is 32.2. The van der Waals surface area contributed by atoms with E-state index in [1.165, 1.54) is 11.8 Å². The third-order valence-electron chi connectivity index (χ3n) is 4.15. The number of nitrogens with zero attached hydrogens (tertiary/aromatic N) is 1. The molecule has 2 N–H and O–H groups in total. The first-order valence-corrected chi connectivity index (χ1v) is 10.1. The third-order valence-corrected chi connectivity index (χ3v) is 5.92. The number of sulfone groups is 1. The molecule has 0 bridgehead atoms. The highest BCUT2D eigenvalue weighted by molar-refractivity contribution is 7.91. The van der Waals surface area contributed by atoms with E-state index >= 15 is 0 Å². The van der Waals surface area contributed by atoms with Gasteiger partial charge < -0.3 is 10.6 Å². The molecule has 1 atom stereocenters. The van der Waals surface area contributed by atoms with Crippen molar-refractivity contribution in [3.05, 3.63) is 59.9 Å². The van der Waals surface area contributed by atoms with Crippen LogP contribution in [0.25, 0.3) is 0 Å². The van der Waals surface area contributed by atoms with Gasteiger partial charge >= 0.3 is 0 Å². The lowest BCUT2D eigenvalue weighted by Gasteiger charge is -2.12. The minimum Gasteiger partial charge on any atom is -0.383 e. The number of anilines is 1. The fraction of sp³-hybridized carbons (Fsp3) is 0.333. The van der Waals surface area contributed by atoms with Crippen molar-refractivity contribution >= 4 is 21.4 Å². The number of hydrogen-bond acceptors (Lipinski definition) is 5. The van der Waals surface area contributed by atoms with Crippen molar-refractivity contribution in [3.8, 4) is 0 Å². The summed E-state index contributed by atoms with van der Waals surface area (Å²) in [5.74, 6) is -0.139. The molecule has 3 rings (SSSR count). The van der Waals surface area contributed by atoms with Crippen molar-refractivity contribution in [1.29, 1.82) is 0 Å². The van der Waals surface area contributed by atoms with Gasteiger partial charge in [0.25, 0.3) is 5.91 Å². The molecular weight excluding hydrogens is 338 g/mol. The third kappa shape index (κ3) is 5.03. The molecule has 6 nitrogen and oxygen atoms in total. The van der Waals surface area contributed by atoms with E-state index in [2.05, 4.69) is 27.8 Å². The number of aromatic nitrogens is 1. The Morgan fingerprint density at radius 2 is 2.00 bits per heavy atom. The fourth-order valence-corrected chi connectivity index (χ4v) is 4.51. The van der Waals surface area contributed by atoms with Gasteiger partial charge in [-0.05, 0) is 24.5 Å². The zero-order valence-electron chi connectivity index (χ0n) is 13.8. The summed E-state index contributed by atoms with van der Waals surface area (Å²) in [6.07, 6.45) is 4.50. The Morgan fingerprint density at radius 3 is 2.72 bits per heavy atom. The molecule has 0 radical (unpaired) electrons. The molecule has 2 heterocycles. The Labute approximate surface area is 147 Å². The first-order valence-electron chi connectivity index (χ1n) is 8.26. The molecule has 25 heavy (non-hydrogen) atoms. The van der Waals surface area contributed by atoms with Crippen LogP contribution in [0, 0.1) is 0 Å². The number of pyridine rings is 1. The van der Waals surface area contributed by atoms with E-state index in [9.17, 15) is 13.2 Å². The molecule has 132 valence electrons. The number of benzene rings is 1. The van der Waals surface area contributed by atoms with Gasteiger partial charge in [-0.25, -0.2) is 8.42 Å². The largest absolute Gasteiger partial charge is 0.383 e. The van der Waals surface area contributed by atoms with Gasteiger partial charge in [0.05, 0.1) is 22.8 Å². The van der Waals surface area contributed by atoms with Crippen LogP contribution in [0.4, 0.5) is 5.69 Å². The Balaban J connectivity index is 1.54. The predicted octanol–water partition coefficient (Wildman–Crippen LogP) is 1.65. The molecule has 1 aromatic carbocycles. The van der Waals surface area contributed by atoms with E-state index in [1.807, 2.05) is 18.2 Å². The molecule has 1 unspecified atom stereocenters. The predicted molar refractivity (Wildman–Crippen MR) is 97.4 cm³/mol. The summed E-state index contributed by atoms with van der Waals surface area (Å²) in [4.78, 5) is 16.4. The Hall–Kier alpha value is -2.41. The lowest BCUT2D eigenvalue weighted by atomic mass is 10.1. The van der Waals surface area contributed by atoms with E-state index in [-0.39, 0.29) is 23.5 Å². The molecule has 0 saturated carbocycles. The minimum absolute atomic E-state index is 0.0151. The molecule has 2 aromatic rings. The molecule has 0 spiro atoms. The average molecular weight is 359 g/mol. The maximum atomic E-state index is 12.3. The standard InChI is InChI=1S/C18H21N3O3S/c22-18(21-16-7-9-25(23,24)13-16)15-10-17(12-19-11-15)20-8-6-14-4-2-1-3-5-14/h1-5,10-12,16,20H,6-9,13H2,(H,21,22). The van der Waals surface area contributed by atoms with Gasteiger partial charge in [-0.2, -0.15) is 0 Å². The highest BCUT2D eigenvalue weighted by Crippen LogP contribution is 2.13. The van der Waals surface area contributed by atoms with Gasteiger partial charge in [-0.1, -0.05) is 30.3 Å². The smallest absolute Gasteiger partial charge is 0.253 e. The second-order valence-corrected chi connectivity index (χ2v) is 8.43. The molecule has 0 aliphatic carbocycles. The van der Waals surface area contributed by atoms with E-state index in [0.717, 1.165) is 18.7 Å². The first-order chi connectivity index (χ1) is 12.0. The summed E-state index contributed by atoms with van der Waals surface area (Å²) in [5.41, 5.74) is 2.43. The van der Waals surface area contributed by atoms with Crippen LogP contribution in [-0.4, -0.2) is 43.4 Å². The van der Waals surface area contributed by atoms with Crippen LogP contribution in [0.3, 0.4) is 0 Å². The zero-order valence-corrected chi connectivity index (χ0v) is 14.6. The van der Waals surface area contributed by atoms with E-state index in [1.54, 1.807) is 12.3 Å². The topological polar surface area (TPSA) is 88.2 Å². The van der Waals surface area contributed by atoms with Crippen molar-refractivity contribution in [3.63, 3.8) is 0 Å². The van der Waals surface area contributed by atoms with Gasteiger partial charge in [0, 0.05) is 25.0 Å².